The van der Waals surface area contributed by atoms with Gasteiger partial charge in [0, 0.05) is 12.1 Å². The minimum atomic E-state index is -0.818. The van der Waals surface area contributed by atoms with Crippen LogP contribution in [0.2, 0.25) is 0 Å². The van der Waals surface area contributed by atoms with Gasteiger partial charge in [-0.1, -0.05) is 20.8 Å². The van der Waals surface area contributed by atoms with E-state index in [0.29, 0.717) is 12.8 Å². The van der Waals surface area contributed by atoms with E-state index in [4.69, 9.17) is 5.11 Å². The van der Waals surface area contributed by atoms with Crippen molar-refractivity contribution < 1.29 is 14.7 Å². The molecule has 2 amide bonds. The highest BCUT2D eigenvalue weighted by molar-refractivity contribution is 5.80. The van der Waals surface area contributed by atoms with Crippen LogP contribution >= 0.6 is 0 Å². The molecule has 110 valence electrons. The summed E-state index contributed by atoms with van der Waals surface area (Å²) in [5.74, 6) is -0.818. The molecule has 0 saturated heterocycles. The fourth-order valence-electron chi connectivity index (χ4n) is 2.59. The number of aliphatic carboxylic acids is 1. The van der Waals surface area contributed by atoms with Gasteiger partial charge >= 0.3 is 12.0 Å². The number of amides is 2. The second-order valence-electron chi connectivity index (χ2n) is 7.51. The summed E-state index contributed by atoms with van der Waals surface area (Å²) in [7, 11) is 0. The van der Waals surface area contributed by atoms with Gasteiger partial charge in [-0.3, -0.25) is 4.79 Å². The molecule has 0 heterocycles. The number of hydrogen-bond donors (Lipinski definition) is 3. The van der Waals surface area contributed by atoms with Crippen LogP contribution < -0.4 is 10.6 Å². The molecule has 0 aromatic heterocycles. The molecule has 0 bridgehead atoms. The molecule has 1 saturated carbocycles. The molecule has 0 radical (unpaired) electrons. The predicted molar refractivity (Wildman–Crippen MR) is 74.0 cm³/mol. The number of urea groups is 1. The number of rotatable bonds is 5. The molecule has 0 aromatic carbocycles. The summed E-state index contributed by atoms with van der Waals surface area (Å²) in [6.45, 7) is 10.5. The van der Waals surface area contributed by atoms with Crippen LogP contribution in [0.1, 0.15) is 53.9 Å². The first kappa shape index (κ1) is 15.8. The van der Waals surface area contributed by atoms with E-state index in [1.807, 2.05) is 13.8 Å². The van der Waals surface area contributed by atoms with Crippen molar-refractivity contribution in [2.24, 2.45) is 10.8 Å². The maximum Gasteiger partial charge on any atom is 0.315 e. The lowest BCUT2D eigenvalue weighted by atomic mass is 9.82. The lowest BCUT2D eigenvalue weighted by Crippen LogP contribution is -2.51. The first-order valence-corrected chi connectivity index (χ1v) is 6.75. The minimum Gasteiger partial charge on any atom is -0.481 e. The summed E-state index contributed by atoms with van der Waals surface area (Å²) in [6, 6.07) is -0.290. The van der Waals surface area contributed by atoms with Crippen molar-refractivity contribution in [2.45, 2.75) is 59.4 Å². The van der Waals surface area contributed by atoms with Gasteiger partial charge in [0.2, 0.25) is 0 Å². The zero-order chi connectivity index (χ0) is 14.9. The van der Waals surface area contributed by atoms with E-state index >= 15 is 0 Å². The minimum absolute atomic E-state index is 0.121. The van der Waals surface area contributed by atoms with E-state index < -0.39 is 11.4 Å². The summed E-state index contributed by atoms with van der Waals surface area (Å²) in [5, 5.41) is 14.6. The van der Waals surface area contributed by atoms with Crippen molar-refractivity contribution in [3.05, 3.63) is 0 Å². The molecule has 1 fully saturated rings. The molecule has 0 spiro atoms. The highest BCUT2D eigenvalue weighted by Gasteiger charge is 2.50. The van der Waals surface area contributed by atoms with E-state index in [1.54, 1.807) is 0 Å². The van der Waals surface area contributed by atoms with Crippen LogP contribution in [0, 0.1) is 10.8 Å². The Morgan fingerprint density at radius 3 is 2.05 bits per heavy atom. The third-order valence-electron chi connectivity index (χ3n) is 3.32. The largest absolute Gasteiger partial charge is 0.481 e. The van der Waals surface area contributed by atoms with Gasteiger partial charge in [-0.2, -0.15) is 0 Å². The van der Waals surface area contributed by atoms with Gasteiger partial charge in [-0.25, -0.2) is 4.79 Å². The lowest BCUT2D eigenvalue weighted by molar-refractivity contribution is -0.143. The Labute approximate surface area is 115 Å². The van der Waals surface area contributed by atoms with Crippen molar-refractivity contribution in [3.63, 3.8) is 0 Å². The summed E-state index contributed by atoms with van der Waals surface area (Å²) in [5.41, 5.74) is -0.913. The molecule has 5 nitrogen and oxygen atoms in total. The predicted octanol–water partition coefficient (Wildman–Crippen LogP) is 2.37. The topological polar surface area (TPSA) is 78.4 Å². The Bertz CT molecular complexity index is 365. The van der Waals surface area contributed by atoms with Gasteiger partial charge in [0.1, 0.15) is 0 Å². The summed E-state index contributed by atoms with van der Waals surface area (Å²) < 4.78 is 0. The first-order valence-electron chi connectivity index (χ1n) is 6.75. The fourth-order valence-corrected chi connectivity index (χ4v) is 2.59. The van der Waals surface area contributed by atoms with Gasteiger partial charge in [0.25, 0.3) is 0 Å². The zero-order valence-corrected chi connectivity index (χ0v) is 12.6. The van der Waals surface area contributed by atoms with Gasteiger partial charge in [0.15, 0.2) is 0 Å². The Morgan fingerprint density at radius 2 is 1.68 bits per heavy atom. The van der Waals surface area contributed by atoms with Crippen LogP contribution in [0.3, 0.4) is 0 Å². The van der Waals surface area contributed by atoms with Crippen LogP contribution in [-0.2, 0) is 4.79 Å². The van der Waals surface area contributed by atoms with Crippen molar-refractivity contribution in [1.29, 1.82) is 0 Å². The van der Waals surface area contributed by atoms with Gasteiger partial charge < -0.3 is 15.7 Å². The number of carboxylic acids is 1. The fraction of sp³-hybridized carbons (Fsp3) is 0.857. The Hall–Kier alpha value is -1.26. The van der Waals surface area contributed by atoms with Crippen LogP contribution in [0.25, 0.3) is 0 Å². The quantitative estimate of drug-likeness (QED) is 0.717. The molecule has 5 heteroatoms. The standard InChI is InChI=1S/C14H26N2O3/c1-12(2,3)8-13(4,5)16-11(19)15-9-14(6-7-14)10(17)18/h6-9H2,1-5H3,(H,17,18)(H2,15,16,19). The normalized spacial score (nSPS) is 17.7. The molecule has 1 aliphatic carbocycles. The summed E-state index contributed by atoms with van der Waals surface area (Å²) in [6.07, 6.45) is 2.14. The second kappa shape index (κ2) is 5.02. The van der Waals surface area contributed by atoms with E-state index in [2.05, 4.69) is 31.4 Å². The van der Waals surface area contributed by atoms with Crippen LogP contribution in [-0.4, -0.2) is 29.2 Å². The number of carboxylic acid groups (broad SMARTS) is 1. The van der Waals surface area contributed by atoms with E-state index in [1.165, 1.54) is 0 Å². The molecular formula is C14H26N2O3. The summed E-state index contributed by atoms with van der Waals surface area (Å²) in [4.78, 5) is 22.8. The smallest absolute Gasteiger partial charge is 0.315 e. The van der Waals surface area contributed by atoms with Crippen molar-refractivity contribution in [2.75, 3.05) is 6.54 Å². The Morgan fingerprint density at radius 1 is 1.16 bits per heavy atom. The SMILES string of the molecule is CC(C)(C)CC(C)(C)NC(=O)NCC1(C(=O)O)CC1. The Balaban J connectivity index is 2.41. The molecule has 19 heavy (non-hydrogen) atoms. The second-order valence-corrected chi connectivity index (χ2v) is 7.51. The monoisotopic (exact) mass is 270 g/mol. The maximum absolute atomic E-state index is 11.8. The first-order chi connectivity index (χ1) is 8.46. The number of carbonyl (C=O) groups excluding carboxylic acids is 1. The lowest BCUT2D eigenvalue weighted by Gasteiger charge is -2.33. The average Bonchev–Trinajstić information content (AvgIpc) is 2.90. The molecular weight excluding hydrogens is 244 g/mol. The van der Waals surface area contributed by atoms with Crippen LogP contribution in [0.15, 0.2) is 0 Å². The zero-order valence-electron chi connectivity index (χ0n) is 12.6. The molecule has 1 rings (SSSR count). The highest BCUT2D eigenvalue weighted by Crippen LogP contribution is 2.45. The third-order valence-corrected chi connectivity index (χ3v) is 3.32. The number of hydrogen-bond acceptors (Lipinski definition) is 2. The van der Waals surface area contributed by atoms with Crippen molar-refractivity contribution >= 4 is 12.0 Å². The van der Waals surface area contributed by atoms with Gasteiger partial charge in [-0.05, 0) is 38.5 Å². The van der Waals surface area contributed by atoms with E-state index in [9.17, 15) is 9.59 Å². The molecule has 1 aliphatic rings. The van der Waals surface area contributed by atoms with E-state index in [0.717, 1.165) is 6.42 Å². The molecule has 0 aromatic rings. The molecule has 3 N–H and O–H groups in total. The van der Waals surface area contributed by atoms with Gasteiger partial charge in [0.05, 0.1) is 5.41 Å². The third kappa shape index (κ3) is 5.09. The van der Waals surface area contributed by atoms with Crippen molar-refractivity contribution in [1.82, 2.24) is 10.6 Å². The summed E-state index contributed by atoms with van der Waals surface area (Å²) >= 11 is 0. The number of nitrogens with one attached hydrogen (secondary N) is 2. The van der Waals surface area contributed by atoms with Crippen molar-refractivity contribution in [3.8, 4) is 0 Å². The molecule has 0 unspecified atom stereocenters. The van der Waals surface area contributed by atoms with Gasteiger partial charge in [-0.15, -0.1) is 0 Å². The highest BCUT2D eigenvalue weighted by atomic mass is 16.4. The maximum atomic E-state index is 11.8. The van der Waals surface area contributed by atoms with Crippen LogP contribution in [0.5, 0.6) is 0 Å². The average molecular weight is 270 g/mol. The molecule has 0 aliphatic heterocycles. The van der Waals surface area contributed by atoms with E-state index in [-0.39, 0.29) is 23.5 Å². The van der Waals surface area contributed by atoms with Crippen LogP contribution in [0.4, 0.5) is 4.79 Å². The number of carbonyl (C=O) groups is 2. The Kier molecular flexibility index (Phi) is 4.17. The molecule has 0 atom stereocenters.